The lowest BCUT2D eigenvalue weighted by molar-refractivity contribution is 0.299. The molecule has 0 aromatic heterocycles. The Bertz CT molecular complexity index is 605. The zero-order valence-corrected chi connectivity index (χ0v) is 13.3. The summed E-state index contributed by atoms with van der Waals surface area (Å²) >= 11 is 0. The molecule has 2 aromatic rings. The lowest BCUT2D eigenvalue weighted by atomic mass is 9.97. The van der Waals surface area contributed by atoms with Gasteiger partial charge in [-0.15, -0.1) is 0 Å². The SMILES string of the molecule is CC(C)c1ccc(OCCC(C)c2ccc(F)cc2F)cc1. The zero-order valence-electron chi connectivity index (χ0n) is 13.3. The molecular weight excluding hydrogens is 282 g/mol. The maximum Gasteiger partial charge on any atom is 0.129 e. The molecule has 0 spiro atoms. The summed E-state index contributed by atoms with van der Waals surface area (Å²) < 4.78 is 32.3. The number of ether oxygens (including phenoxy) is 1. The minimum atomic E-state index is -0.546. The van der Waals surface area contributed by atoms with Gasteiger partial charge >= 0.3 is 0 Å². The molecule has 0 saturated heterocycles. The molecule has 0 amide bonds. The molecule has 3 heteroatoms. The van der Waals surface area contributed by atoms with E-state index in [2.05, 4.69) is 26.0 Å². The van der Waals surface area contributed by atoms with Crippen LogP contribution < -0.4 is 4.74 Å². The van der Waals surface area contributed by atoms with Gasteiger partial charge in [0.05, 0.1) is 6.61 Å². The van der Waals surface area contributed by atoms with E-state index in [1.807, 2.05) is 19.1 Å². The van der Waals surface area contributed by atoms with Crippen molar-refractivity contribution in [1.29, 1.82) is 0 Å². The molecule has 1 unspecified atom stereocenters. The van der Waals surface area contributed by atoms with Gasteiger partial charge in [0.2, 0.25) is 0 Å². The number of rotatable bonds is 6. The van der Waals surface area contributed by atoms with Gasteiger partial charge in [0.1, 0.15) is 17.4 Å². The fourth-order valence-corrected chi connectivity index (χ4v) is 2.36. The third kappa shape index (κ3) is 4.30. The van der Waals surface area contributed by atoms with E-state index >= 15 is 0 Å². The third-order valence-corrected chi connectivity index (χ3v) is 3.86. The predicted molar refractivity (Wildman–Crippen MR) is 85.4 cm³/mol. The van der Waals surface area contributed by atoms with Crippen molar-refractivity contribution >= 4 is 0 Å². The van der Waals surface area contributed by atoms with Crippen LogP contribution in [-0.4, -0.2) is 6.61 Å². The Balaban J connectivity index is 1.87. The Labute approximate surface area is 130 Å². The van der Waals surface area contributed by atoms with E-state index in [0.29, 0.717) is 24.5 Å². The average molecular weight is 304 g/mol. The van der Waals surface area contributed by atoms with Gasteiger partial charge in [0, 0.05) is 6.07 Å². The molecule has 0 aliphatic carbocycles. The molecular formula is C19H22F2O. The molecule has 2 rings (SSSR count). The normalized spacial score (nSPS) is 12.5. The molecule has 22 heavy (non-hydrogen) atoms. The fourth-order valence-electron chi connectivity index (χ4n) is 2.36. The van der Waals surface area contributed by atoms with Crippen molar-refractivity contribution < 1.29 is 13.5 Å². The minimum absolute atomic E-state index is 0.0180. The molecule has 0 aliphatic heterocycles. The van der Waals surface area contributed by atoms with Crippen molar-refractivity contribution in [3.8, 4) is 5.75 Å². The van der Waals surface area contributed by atoms with E-state index < -0.39 is 11.6 Å². The zero-order chi connectivity index (χ0) is 16.1. The van der Waals surface area contributed by atoms with Crippen LogP contribution in [0.15, 0.2) is 42.5 Å². The van der Waals surface area contributed by atoms with Gasteiger partial charge in [-0.05, 0) is 47.6 Å². The van der Waals surface area contributed by atoms with Gasteiger partial charge in [-0.1, -0.05) is 39.0 Å². The Morgan fingerprint density at radius 2 is 1.64 bits per heavy atom. The summed E-state index contributed by atoms with van der Waals surface area (Å²) in [5.41, 5.74) is 1.80. The molecule has 0 saturated carbocycles. The Morgan fingerprint density at radius 1 is 0.955 bits per heavy atom. The molecule has 0 N–H and O–H groups in total. The quantitative estimate of drug-likeness (QED) is 0.669. The molecule has 118 valence electrons. The summed E-state index contributed by atoms with van der Waals surface area (Å²) in [6.07, 6.45) is 0.675. The molecule has 1 atom stereocenters. The van der Waals surface area contributed by atoms with Crippen LogP contribution in [0.25, 0.3) is 0 Å². The Morgan fingerprint density at radius 3 is 2.23 bits per heavy atom. The monoisotopic (exact) mass is 304 g/mol. The Kier molecular flexibility index (Phi) is 5.53. The second kappa shape index (κ2) is 7.39. The van der Waals surface area contributed by atoms with Crippen LogP contribution in [0, 0.1) is 11.6 Å². The lowest BCUT2D eigenvalue weighted by Crippen LogP contribution is -2.05. The van der Waals surface area contributed by atoms with E-state index in [1.54, 1.807) is 0 Å². The van der Waals surface area contributed by atoms with Gasteiger partial charge in [0.25, 0.3) is 0 Å². The van der Waals surface area contributed by atoms with Crippen LogP contribution in [0.2, 0.25) is 0 Å². The van der Waals surface area contributed by atoms with E-state index in [1.165, 1.54) is 17.7 Å². The van der Waals surface area contributed by atoms with E-state index in [4.69, 9.17) is 4.74 Å². The van der Waals surface area contributed by atoms with E-state index in [-0.39, 0.29) is 5.92 Å². The van der Waals surface area contributed by atoms with Crippen molar-refractivity contribution in [2.45, 2.75) is 39.0 Å². The van der Waals surface area contributed by atoms with Crippen molar-refractivity contribution in [2.75, 3.05) is 6.61 Å². The topological polar surface area (TPSA) is 9.23 Å². The van der Waals surface area contributed by atoms with Crippen LogP contribution >= 0.6 is 0 Å². The molecule has 2 aromatic carbocycles. The van der Waals surface area contributed by atoms with Gasteiger partial charge < -0.3 is 4.74 Å². The van der Waals surface area contributed by atoms with Crippen LogP contribution in [0.5, 0.6) is 5.75 Å². The second-order valence-corrected chi connectivity index (χ2v) is 5.93. The highest BCUT2D eigenvalue weighted by Gasteiger charge is 2.12. The van der Waals surface area contributed by atoms with Gasteiger partial charge in [-0.2, -0.15) is 0 Å². The highest BCUT2D eigenvalue weighted by Crippen LogP contribution is 2.24. The number of halogens is 2. The van der Waals surface area contributed by atoms with Crippen molar-refractivity contribution in [1.82, 2.24) is 0 Å². The largest absolute Gasteiger partial charge is 0.494 e. The molecule has 0 bridgehead atoms. The average Bonchev–Trinajstić information content (AvgIpc) is 2.47. The Hall–Kier alpha value is -1.90. The first-order valence-electron chi connectivity index (χ1n) is 7.65. The van der Waals surface area contributed by atoms with Crippen LogP contribution in [0.4, 0.5) is 8.78 Å². The summed E-state index contributed by atoms with van der Waals surface area (Å²) in [6.45, 7) is 6.71. The van der Waals surface area contributed by atoms with Crippen LogP contribution in [-0.2, 0) is 0 Å². The van der Waals surface area contributed by atoms with Crippen LogP contribution in [0.1, 0.15) is 50.2 Å². The van der Waals surface area contributed by atoms with Crippen LogP contribution in [0.3, 0.4) is 0 Å². The first kappa shape index (κ1) is 16.5. The van der Waals surface area contributed by atoms with E-state index in [0.717, 1.165) is 11.8 Å². The number of hydrogen-bond acceptors (Lipinski definition) is 1. The summed E-state index contributed by atoms with van der Waals surface area (Å²) in [5, 5.41) is 0. The minimum Gasteiger partial charge on any atom is -0.494 e. The first-order valence-corrected chi connectivity index (χ1v) is 7.65. The predicted octanol–water partition coefficient (Wildman–Crippen LogP) is 5.66. The van der Waals surface area contributed by atoms with Gasteiger partial charge in [-0.3, -0.25) is 0 Å². The standard InChI is InChI=1S/C19H22F2O/c1-13(2)15-4-7-17(8-5-15)22-11-10-14(3)18-9-6-16(20)12-19(18)21/h4-9,12-14H,10-11H2,1-3H3. The number of benzene rings is 2. The summed E-state index contributed by atoms with van der Waals surface area (Å²) in [6, 6.07) is 11.8. The van der Waals surface area contributed by atoms with Crippen molar-refractivity contribution in [3.05, 3.63) is 65.2 Å². The van der Waals surface area contributed by atoms with E-state index in [9.17, 15) is 8.78 Å². The highest BCUT2D eigenvalue weighted by molar-refractivity contribution is 5.29. The summed E-state index contributed by atoms with van der Waals surface area (Å²) in [5.74, 6) is 0.256. The number of hydrogen-bond donors (Lipinski definition) is 0. The van der Waals surface area contributed by atoms with Gasteiger partial charge in [0.15, 0.2) is 0 Å². The molecule has 0 fully saturated rings. The summed E-state index contributed by atoms with van der Waals surface area (Å²) in [4.78, 5) is 0. The van der Waals surface area contributed by atoms with Crippen molar-refractivity contribution in [2.24, 2.45) is 0 Å². The summed E-state index contributed by atoms with van der Waals surface area (Å²) in [7, 11) is 0. The van der Waals surface area contributed by atoms with Crippen molar-refractivity contribution in [3.63, 3.8) is 0 Å². The maximum atomic E-state index is 13.7. The smallest absolute Gasteiger partial charge is 0.129 e. The molecule has 0 aliphatic rings. The fraction of sp³-hybridized carbons (Fsp3) is 0.368. The lowest BCUT2D eigenvalue weighted by Gasteiger charge is -2.14. The van der Waals surface area contributed by atoms with Gasteiger partial charge in [-0.25, -0.2) is 8.78 Å². The first-order chi connectivity index (χ1) is 10.5. The maximum absolute atomic E-state index is 13.7. The molecule has 0 heterocycles. The molecule has 0 radical (unpaired) electrons. The third-order valence-electron chi connectivity index (χ3n) is 3.86. The highest BCUT2D eigenvalue weighted by atomic mass is 19.1. The molecule has 1 nitrogen and oxygen atoms in total. The second-order valence-electron chi connectivity index (χ2n) is 5.93.